The number of carbonyl (C=O) groups is 1. The number of aromatic nitrogens is 1. The molecule has 2 aromatic heterocycles. The molecule has 0 spiro atoms. The second-order valence-electron chi connectivity index (χ2n) is 10.6. The Balaban J connectivity index is 1.35. The highest BCUT2D eigenvalue weighted by atomic mass is 32.2. The molecule has 0 aliphatic heterocycles. The van der Waals surface area contributed by atoms with Crippen LogP contribution in [0.4, 0.5) is 0 Å². The van der Waals surface area contributed by atoms with E-state index in [0.29, 0.717) is 17.6 Å². The van der Waals surface area contributed by atoms with Gasteiger partial charge >= 0.3 is 11.6 Å². The van der Waals surface area contributed by atoms with E-state index < -0.39 is 22.0 Å². The highest BCUT2D eigenvalue weighted by Crippen LogP contribution is 2.33. The van der Waals surface area contributed by atoms with Crippen molar-refractivity contribution in [2.45, 2.75) is 56.9 Å². The minimum Gasteiger partial charge on any atom is -0.425 e. The number of carbonyl (C=O) groups excluding carboxylic acids is 1. The van der Waals surface area contributed by atoms with Gasteiger partial charge in [0.05, 0.1) is 4.90 Å². The summed E-state index contributed by atoms with van der Waals surface area (Å²) in [5, 5.41) is 1.72. The van der Waals surface area contributed by atoms with Gasteiger partial charge < -0.3 is 14.1 Å². The fourth-order valence-corrected chi connectivity index (χ4v) is 6.77. The minimum atomic E-state index is -4.05. The number of sulfonamides is 1. The van der Waals surface area contributed by atoms with Crippen LogP contribution in [0.25, 0.3) is 21.9 Å². The number of aryl methyl sites for hydroxylation is 3. The zero-order valence-corrected chi connectivity index (χ0v) is 23.6. The van der Waals surface area contributed by atoms with Crippen molar-refractivity contribution in [3.8, 4) is 5.75 Å². The Labute approximate surface area is 237 Å². The van der Waals surface area contributed by atoms with E-state index in [1.54, 1.807) is 31.3 Å². The van der Waals surface area contributed by atoms with Crippen LogP contribution in [-0.2, 0) is 34.1 Å². The third kappa shape index (κ3) is 5.18. The molecule has 0 bridgehead atoms. The molecule has 0 unspecified atom stereocenters. The second-order valence-corrected chi connectivity index (χ2v) is 12.3. The van der Waals surface area contributed by atoms with Crippen LogP contribution >= 0.6 is 0 Å². The standard InChI is InChI=1S/C32H30N2O6S/c1-19-11-13-22(14-12-19)41(37,38)34-28(17-21-18-33-27-10-6-5-7-23(21)27)32(36)39-29-16-15-25-24-8-3-4-9-26(24)31(35)40-30(25)20(29)2/h5-7,10-16,18,28,33-34H,3-4,8-9,17H2,1-2H3/t28-/m1/s1. The lowest BCUT2D eigenvalue weighted by molar-refractivity contribution is -0.136. The highest BCUT2D eigenvalue weighted by molar-refractivity contribution is 7.89. The predicted octanol–water partition coefficient (Wildman–Crippen LogP) is 5.27. The van der Waals surface area contributed by atoms with Gasteiger partial charge in [-0.25, -0.2) is 18.0 Å². The van der Waals surface area contributed by atoms with E-state index in [0.717, 1.165) is 57.8 Å². The first-order valence-corrected chi connectivity index (χ1v) is 15.1. The van der Waals surface area contributed by atoms with Gasteiger partial charge in [-0.15, -0.1) is 0 Å². The van der Waals surface area contributed by atoms with Crippen LogP contribution in [0.2, 0.25) is 0 Å². The Hall–Kier alpha value is -4.21. The number of para-hydroxylation sites is 1. The molecule has 1 atom stereocenters. The number of H-pyrrole nitrogens is 1. The van der Waals surface area contributed by atoms with Crippen molar-refractivity contribution < 1.29 is 22.4 Å². The molecule has 2 N–H and O–H groups in total. The summed E-state index contributed by atoms with van der Waals surface area (Å²) in [6.45, 7) is 3.60. The molecule has 0 saturated carbocycles. The van der Waals surface area contributed by atoms with Crippen molar-refractivity contribution >= 4 is 37.9 Å². The second kappa shape index (κ2) is 10.6. The third-order valence-electron chi connectivity index (χ3n) is 7.81. The topological polar surface area (TPSA) is 118 Å². The third-order valence-corrected chi connectivity index (χ3v) is 9.30. The number of benzene rings is 3. The van der Waals surface area contributed by atoms with Gasteiger partial charge in [0.25, 0.3) is 0 Å². The number of fused-ring (bicyclic) bond motifs is 4. The zero-order valence-electron chi connectivity index (χ0n) is 22.8. The van der Waals surface area contributed by atoms with Crippen molar-refractivity contribution in [2.24, 2.45) is 0 Å². The van der Waals surface area contributed by atoms with Crippen molar-refractivity contribution in [2.75, 3.05) is 0 Å². The lowest BCUT2D eigenvalue weighted by Gasteiger charge is -2.20. The van der Waals surface area contributed by atoms with Gasteiger partial charge in [-0.3, -0.25) is 0 Å². The SMILES string of the molecule is Cc1ccc(S(=O)(=O)N[C@H](Cc2c[nH]c3ccccc23)C(=O)Oc2ccc3c4c(c(=O)oc3c2C)CCCC4)cc1. The molecule has 2 heterocycles. The summed E-state index contributed by atoms with van der Waals surface area (Å²) < 4.78 is 40.8. The van der Waals surface area contributed by atoms with E-state index in [-0.39, 0.29) is 22.7 Å². The van der Waals surface area contributed by atoms with Gasteiger partial charge in [0, 0.05) is 40.0 Å². The van der Waals surface area contributed by atoms with Gasteiger partial charge in [-0.1, -0.05) is 35.9 Å². The van der Waals surface area contributed by atoms with Gasteiger partial charge in [0.2, 0.25) is 10.0 Å². The Bertz CT molecular complexity index is 1950. The summed E-state index contributed by atoms with van der Waals surface area (Å²) in [4.78, 5) is 29.6. The Kier molecular flexibility index (Phi) is 7.01. The van der Waals surface area contributed by atoms with Crippen molar-refractivity contribution in [3.05, 3.63) is 105 Å². The number of hydrogen-bond donors (Lipinski definition) is 2. The van der Waals surface area contributed by atoms with Gasteiger partial charge in [-0.2, -0.15) is 4.72 Å². The first kappa shape index (κ1) is 27.0. The lowest BCUT2D eigenvalue weighted by Crippen LogP contribution is -2.44. The molecule has 0 amide bonds. The number of aromatic amines is 1. The van der Waals surface area contributed by atoms with E-state index in [1.165, 1.54) is 12.1 Å². The van der Waals surface area contributed by atoms with Crippen LogP contribution in [0.3, 0.4) is 0 Å². The quantitative estimate of drug-likeness (QED) is 0.156. The van der Waals surface area contributed by atoms with Crippen LogP contribution in [0.5, 0.6) is 5.75 Å². The van der Waals surface area contributed by atoms with Crippen molar-refractivity contribution in [3.63, 3.8) is 0 Å². The summed E-state index contributed by atoms with van der Waals surface area (Å²) in [5.74, 6) is -0.561. The maximum Gasteiger partial charge on any atom is 0.339 e. The number of ether oxygens (including phenoxy) is 1. The molecule has 9 heteroatoms. The smallest absolute Gasteiger partial charge is 0.339 e. The Morgan fingerprint density at radius 2 is 1.71 bits per heavy atom. The maximum atomic E-state index is 13.7. The summed E-state index contributed by atoms with van der Waals surface area (Å²) in [6.07, 6.45) is 5.27. The Morgan fingerprint density at radius 1 is 0.976 bits per heavy atom. The first-order chi connectivity index (χ1) is 19.7. The summed E-state index contributed by atoms with van der Waals surface area (Å²) in [6, 6.07) is 16.3. The zero-order chi connectivity index (χ0) is 28.7. The first-order valence-electron chi connectivity index (χ1n) is 13.6. The van der Waals surface area contributed by atoms with Crippen molar-refractivity contribution in [1.82, 2.24) is 9.71 Å². The fourth-order valence-electron chi connectivity index (χ4n) is 5.58. The monoisotopic (exact) mass is 570 g/mol. The average molecular weight is 571 g/mol. The molecule has 6 rings (SSSR count). The molecule has 8 nitrogen and oxygen atoms in total. The molecule has 210 valence electrons. The van der Waals surface area contributed by atoms with E-state index in [2.05, 4.69) is 9.71 Å². The number of esters is 1. The van der Waals surface area contributed by atoms with Crippen LogP contribution in [-0.4, -0.2) is 25.4 Å². The minimum absolute atomic E-state index is 0.0493. The number of nitrogens with one attached hydrogen (secondary N) is 2. The summed E-state index contributed by atoms with van der Waals surface area (Å²) >= 11 is 0. The van der Waals surface area contributed by atoms with E-state index in [1.807, 2.05) is 37.3 Å². The van der Waals surface area contributed by atoms with E-state index >= 15 is 0 Å². The van der Waals surface area contributed by atoms with E-state index in [4.69, 9.17) is 9.15 Å². The van der Waals surface area contributed by atoms with Gasteiger partial charge in [-0.05, 0) is 81.0 Å². The molecular formula is C32H30N2O6S. The molecular weight excluding hydrogens is 540 g/mol. The van der Waals surface area contributed by atoms with Crippen LogP contribution in [0.1, 0.15) is 40.7 Å². The van der Waals surface area contributed by atoms with Gasteiger partial charge in [0.15, 0.2) is 0 Å². The normalized spacial score (nSPS) is 14.2. The van der Waals surface area contributed by atoms with Crippen LogP contribution in [0, 0.1) is 13.8 Å². The predicted molar refractivity (Wildman–Crippen MR) is 157 cm³/mol. The molecule has 5 aromatic rings. The van der Waals surface area contributed by atoms with Crippen LogP contribution < -0.4 is 15.1 Å². The maximum absolute atomic E-state index is 13.7. The fraction of sp³-hybridized carbons (Fsp3) is 0.250. The molecule has 0 saturated heterocycles. The highest BCUT2D eigenvalue weighted by Gasteiger charge is 2.30. The molecule has 41 heavy (non-hydrogen) atoms. The molecule has 3 aromatic carbocycles. The molecule has 1 aliphatic carbocycles. The van der Waals surface area contributed by atoms with Gasteiger partial charge in [0.1, 0.15) is 17.4 Å². The summed E-state index contributed by atoms with van der Waals surface area (Å²) in [7, 11) is -4.05. The molecule has 0 fully saturated rings. The van der Waals surface area contributed by atoms with Crippen LogP contribution in [0.15, 0.2) is 81.0 Å². The largest absolute Gasteiger partial charge is 0.425 e. The lowest BCUT2D eigenvalue weighted by atomic mass is 9.90. The molecule has 0 radical (unpaired) electrons. The number of hydrogen-bond acceptors (Lipinski definition) is 6. The van der Waals surface area contributed by atoms with Crippen molar-refractivity contribution in [1.29, 1.82) is 0 Å². The number of rotatable bonds is 7. The molecule has 1 aliphatic rings. The Morgan fingerprint density at radius 3 is 2.49 bits per heavy atom. The summed E-state index contributed by atoms with van der Waals surface area (Å²) in [5.41, 5.74) is 4.80. The van der Waals surface area contributed by atoms with E-state index in [9.17, 15) is 18.0 Å². The average Bonchev–Trinajstić information content (AvgIpc) is 3.37.